The molecule has 1 fully saturated rings. The van der Waals surface area contributed by atoms with Gasteiger partial charge in [-0.25, -0.2) is 0 Å². The molecular formula is C13H15F3N2O. The maximum Gasteiger partial charge on any atom is 0.393 e. The molecule has 2 rings (SSSR count). The molecular weight excluding hydrogens is 257 g/mol. The average Bonchev–Trinajstić information content (AvgIpc) is 2.38. The van der Waals surface area contributed by atoms with E-state index in [1.807, 2.05) is 0 Å². The summed E-state index contributed by atoms with van der Waals surface area (Å²) in [5, 5.41) is 0. The average molecular weight is 272 g/mol. The SMILES string of the molecule is CC(=O)c1ccc(N2CCCC(C(F)(F)F)C2)cn1. The number of halogens is 3. The van der Waals surface area contributed by atoms with Gasteiger partial charge in [0.05, 0.1) is 17.8 Å². The first-order valence-electron chi connectivity index (χ1n) is 6.16. The Kier molecular flexibility index (Phi) is 3.78. The zero-order valence-electron chi connectivity index (χ0n) is 10.6. The van der Waals surface area contributed by atoms with Gasteiger partial charge in [0.1, 0.15) is 5.69 Å². The Morgan fingerprint density at radius 2 is 2.16 bits per heavy atom. The van der Waals surface area contributed by atoms with E-state index in [9.17, 15) is 18.0 Å². The molecule has 1 saturated heterocycles. The number of ketones is 1. The third kappa shape index (κ3) is 3.24. The zero-order chi connectivity index (χ0) is 14.0. The molecule has 1 atom stereocenters. The molecule has 1 aliphatic rings. The topological polar surface area (TPSA) is 33.2 Å². The number of nitrogens with zero attached hydrogens (tertiary/aromatic N) is 2. The molecule has 0 amide bonds. The van der Waals surface area contributed by atoms with Crippen molar-refractivity contribution in [2.75, 3.05) is 18.0 Å². The van der Waals surface area contributed by atoms with Crippen LogP contribution in [0.25, 0.3) is 0 Å². The smallest absolute Gasteiger partial charge is 0.370 e. The number of Topliss-reactive ketones (excluding diaryl/α,β-unsaturated/α-hetero) is 1. The lowest BCUT2D eigenvalue weighted by atomic mass is 9.97. The molecule has 2 heterocycles. The number of piperidine rings is 1. The van der Waals surface area contributed by atoms with Crippen molar-refractivity contribution >= 4 is 11.5 Å². The number of carbonyl (C=O) groups is 1. The first-order chi connectivity index (χ1) is 8.88. The van der Waals surface area contributed by atoms with Crippen LogP contribution in [0.3, 0.4) is 0 Å². The summed E-state index contributed by atoms with van der Waals surface area (Å²) < 4.78 is 38.1. The molecule has 0 aromatic carbocycles. The van der Waals surface area contributed by atoms with E-state index in [2.05, 4.69) is 4.98 Å². The van der Waals surface area contributed by atoms with Gasteiger partial charge in [0.25, 0.3) is 0 Å². The highest BCUT2D eigenvalue weighted by Crippen LogP contribution is 2.34. The predicted molar refractivity (Wildman–Crippen MR) is 65.2 cm³/mol. The van der Waals surface area contributed by atoms with E-state index in [0.717, 1.165) is 0 Å². The van der Waals surface area contributed by atoms with Crippen LogP contribution in [0.5, 0.6) is 0 Å². The standard InChI is InChI=1S/C13H15F3N2O/c1-9(19)12-5-4-11(7-17-12)18-6-2-3-10(8-18)13(14,15)16/h4-5,7,10H,2-3,6,8H2,1H3. The Hall–Kier alpha value is -1.59. The van der Waals surface area contributed by atoms with Crippen molar-refractivity contribution < 1.29 is 18.0 Å². The van der Waals surface area contributed by atoms with Gasteiger partial charge < -0.3 is 4.90 Å². The largest absolute Gasteiger partial charge is 0.393 e. The van der Waals surface area contributed by atoms with Crippen LogP contribution < -0.4 is 4.90 Å². The highest BCUT2D eigenvalue weighted by atomic mass is 19.4. The second kappa shape index (κ2) is 5.19. The third-order valence-corrected chi connectivity index (χ3v) is 3.36. The number of hydrogen-bond donors (Lipinski definition) is 0. The fourth-order valence-electron chi connectivity index (χ4n) is 2.26. The molecule has 0 saturated carbocycles. The molecule has 3 nitrogen and oxygen atoms in total. The van der Waals surface area contributed by atoms with Crippen molar-refractivity contribution in [3.63, 3.8) is 0 Å². The molecule has 0 aliphatic carbocycles. The number of aromatic nitrogens is 1. The minimum Gasteiger partial charge on any atom is -0.370 e. The quantitative estimate of drug-likeness (QED) is 0.776. The van der Waals surface area contributed by atoms with Crippen molar-refractivity contribution in [3.05, 3.63) is 24.0 Å². The Morgan fingerprint density at radius 1 is 1.42 bits per heavy atom. The maximum atomic E-state index is 12.7. The van der Waals surface area contributed by atoms with Crippen molar-refractivity contribution in [3.8, 4) is 0 Å². The van der Waals surface area contributed by atoms with Gasteiger partial charge in [-0.1, -0.05) is 0 Å². The number of rotatable bonds is 2. The van der Waals surface area contributed by atoms with E-state index in [-0.39, 0.29) is 18.7 Å². The van der Waals surface area contributed by atoms with Crippen molar-refractivity contribution in [2.45, 2.75) is 25.9 Å². The second-order valence-electron chi connectivity index (χ2n) is 4.78. The highest BCUT2D eigenvalue weighted by Gasteiger charge is 2.41. The molecule has 1 aliphatic heterocycles. The molecule has 1 aromatic rings. The Balaban J connectivity index is 2.11. The predicted octanol–water partition coefficient (Wildman–Crippen LogP) is 3.06. The van der Waals surface area contributed by atoms with Gasteiger partial charge in [-0.05, 0) is 25.0 Å². The minimum atomic E-state index is -4.15. The minimum absolute atomic E-state index is 0.0371. The van der Waals surface area contributed by atoms with E-state index in [4.69, 9.17) is 0 Å². The summed E-state index contributed by atoms with van der Waals surface area (Å²) >= 11 is 0. The van der Waals surface area contributed by atoms with Gasteiger partial charge in [-0.2, -0.15) is 13.2 Å². The third-order valence-electron chi connectivity index (χ3n) is 3.36. The van der Waals surface area contributed by atoms with Gasteiger partial charge >= 0.3 is 6.18 Å². The van der Waals surface area contributed by atoms with Crippen LogP contribution in [-0.2, 0) is 0 Å². The summed E-state index contributed by atoms with van der Waals surface area (Å²) in [5.74, 6) is -1.44. The van der Waals surface area contributed by atoms with Gasteiger partial charge in [0.15, 0.2) is 5.78 Å². The highest BCUT2D eigenvalue weighted by molar-refractivity contribution is 5.92. The number of anilines is 1. The van der Waals surface area contributed by atoms with Gasteiger partial charge in [0, 0.05) is 20.0 Å². The number of hydrogen-bond acceptors (Lipinski definition) is 3. The van der Waals surface area contributed by atoms with Crippen LogP contribution in [0.15, 0.2) is 18.3 Å². The van der Waals surface area contributed by atoms with Crippen LogP contribution >= 0.6 is 0 Å². The number of carbonyl (C=O) groups excluding carboxylic acids is 1. The van der Waals surface area contributed by atoms with Crippen LogP contribution in [0.1, 0.15) is 30.3 Å². The normalized spacial score (nSPS) is 20.4. The maximum absolute atomic E-state index is 12.7. The summed E-state index contributed by atoms with van der Waals surface area (Å²) in [6, 6.07) is 3.21. The van der Waals surface area contributed by atoms with Crippen molar-refractivity contribution in [1.82, 2.24) is 4.98 Å². The molecule has 19 heavy (non-hydrogen) atoms. The van der Waals surface area contributed by atoms with E-state index in [1.54, 1.807) is 17.0 Å². The second-order valence-corrected chi connectivity index (χ2v) is 4.78. The molecule has 6 heteroatoms. The zero-order valence-corrected chi connectivity index (χ0v) is 10.6. The Morgan fingerprint density at radius 3 is 2.68 bits per heavy atom. The summed E-state index contributed by atoms with van der Waals surface area (Å²) in [6.45, 7) is 1.96. The van der Waals surface area contributed by atoms with Gasteiger partial charge in [-0.15, -0.1) is 0 Å². The Labute approximate surface area is 109 Å². The molecule has 0 bridgehead atoms. The first-order valence-corrected chi connectivity index (χ1v) is 6.16. The van der Waals surface area contributed by atoms with E-state index < -0.39 is 12.1 Å². The number of alkyl halides is 3. The lowest BCUT2D eigenvalue weighted by Crippen LogP contribution is -2.41. The summed E-state index contributed by atoms with van der Waals surface area (Å²) in [4.78, 5) is 16.7. The number of pyridine rings is 1. The fraction of sp³-hybridized carbons (Fsp3) is 0.538. The lowest BCUT2D eigenvalue weighted by Gasteiger charge is -2.35. The summed E-state index contributed by atoms with van der Waals surface area (Å²) in [6.07, 6.45) is -1.99. The molecule has 0 spiro atoms. The fourth-order valence-corrected chi connectivity index (χ4v) is 2.26. The summed E-state index contributed by atoms with van der Waals surface area (Å²) in [7, 11) is 0. The van der Waals surface area contributed by atoms with Crippen LogP contribution in [0.2, 0.25) is 0 Å². The van der Waals surface area contributed by atoms with E-state index in [1.165, 1.54) is 13.1 Å². The molecule has 0 N–H and O–H groups in total. The van der Waals surface area contributed by atoms with Gasteiger partial charge in [0.2, 0.25) is 0 Å². The Bertz CT molecular complexity index is 456. The van der Waals surface area contributed by atoms with Crippen LogP contribution in [0.4, 0.5) is 18.9 Å². The van der Waals surface area contributed by atoms with Crippen LogP contribution in [0, 0.1) is 5.92 Å². The molecule has 104 valence electrons. The molecule has 1 aromatic heterocycles. The van der Waals surface area contributed by atoms with Crippen LogP contribution in [-0.4, -0.2) is 30.0 Å². The lowest BCUT2D eigenvalue weighted by molar-refractivity contribution is -0.175. The van der Waals surface area contributed by atoms with E-state index >= 15 is 0 Å². The van der Waals surface area contributed by atoms with E-state index in [0.29, 0.717) is 24.3 Å². The molecule has 0 radical (unpaired) electrons. The van der Waals surface area contributed by atoms with Crippen molar-refractivity contribution in [2.24, 2.45) is 5.92 Å². The molecule has 1 unspecified atom stereocenters. The summed E-state index contributed by atoms with van der Waals surface area (Å²) in [5.41, 5.74) is 0.965. The monoisotopic (exact) mass is 272 g/mol. The van der Waals surface area contributed by atoms with Crippen molar-refractivity contribution in [1.29, 1.82) is 0 Å². The first kappa shape index (κ1) is 13.8. The van der Waals surface area contributed by atoms with Gasteiger partial charge in [-0.3, -0.25) is 9.78 Å².